The Morgan fingerprint density at radius 1 is 0.963 bits per heavy atom. The highest BCUT2D eigenvalue weighted by molar-refractivity contribution is 7.90. The van der Waals surface area contributed by atoms with E-state index in [4.69, 9.17) is 0 Å². The Labute approximate surface area is 156 Å². The van der Waals surface area contributed by atoms with Crippen LogP contribution in [-0.2, 0) is 16.3 Å². The first-order chi connectivity index (χ1) is 12.8. The fourth-order valence-electron chi connectivity index (χ4n) is 3.36. The number of nitrogens with zero attached hydrogens (tertiary/aromatic N) is 1. The molecule has 0 atom stereocenters. The second kappa shape index (κ2) is 6.21. The number of hydrogen-bond acceptors (Lipinski definition) is 5. The second-order valence-electron chi connectivity index (χ2n) is 6.54. The van der Waals surface area contributed by atoms with Crippen LogP contribution in [0.1, 0.15) is 11.1 Å². The third-order valence-corrected chi connectivity index (χ3v) is 5.78. The third-order valence-electron chi connectivity index (χ3n) is 4.67. The number of anilines is 2. The minimum Gasteiger partial charge on any atom is -0.350 e. The van der Waals surface area contributed by atoms with Crippen LogP contribution in [-0.4, -0.2) is 19.6 Å². The molecule has 0 bridgehead atoms. The molecule has 1 aliphatic rings. The molecule has 1 aliphatic carbocycles. The summed E-state index contributed by atoms with van der Waals surface area (Å²) in [6, 6.07) is 17.9. The summed E-state index contributed by atoms with van der Waals surface area (Å²) in [4.78, 5) is 10.7. The smallest absolute Gasteiger partial charge is 0.293 e. The normalized spacial score (nSPS) is 12.3. The first kappa shape index (κ1) is 17.2. The van der Waals surface area contributed by atoms with Crippen LogP contribution in [0.3, 0.4) is 0 Å². The van der Waals surface area contributed by atoms with Crippen molar-refractivity contribution in [3.05, 3.63) is 81.9 Å². The molecule has 7 heteroatoms. The zero-order valence-corrected chi connectivity index (χ0v) is 15.3. The lowest BCUT2D eigenvalue weighted by molar-refractivity contribution is -0.384. The van der Waals surface area contributed by atoms with Crippen LogP contribution in [0.15, 0.2) is 65.6 Å². The highest BCUT2D eigenvalue weighted by Gasteiger charge is 2.21. The van der Waals surface area contributed by atoms with Gasteiger partial charge in [0.1, 0.15) is 5.69 Å². The average molecular weight is 380 g/mol. The Balaban J connectivity index is 1.73. The van der Waals surface area contributed by atoms with E-state index in [-0.39, 0.29) is 16.3 Å². The Hall–Kier alpha value is -3.19. The zero-order valence-electron chi connectivity index (χ0n) is 14.5. The number of benzene rings is 3. The molecule has 0 saturated heterocycles. The fourth-order valence-corrected chi connectivity index (χ4v) is 4.00. The molecule has 4 rings (SSSR count). The molecule has 3 aromatic rings. The van der Waals surface area contributed by atoms with Crippen LogP contribution in [0.5, 0.6) is 0 Å². The predicted octanol–water partition coefficient (Wildman–Crippen LogP) is 4.31. The molecule has 0 spiro atoms. The Morgan fingerprint density at radius 3 is 2.44 bits per heavy atom. The number of sulfone groups is 1. The van der Waals surface area contributed by atoms with E-state index in [1.807, 2.05) is 30.3 Å². The van der Waals surface area contributed by atoms with Crippen molar-refractivity contribution in [2.24, 2.45) is 0 Å². The van der Waals surface area contributed by atoms with Crippen LogP contribution in [0.2, 0.25) is 0 Å². The summed E-state index contributed by atoms with van der Waals surface area (Å²) in [5.74, 6) is 0. The Bertz CT molecular complexity index is 1190. The fraction of sp³-hybridized carbons (Fsp3) is 0.100. The molecule has 0 fully saturated rings. The van der Waals surface area contributed by atoms with Gasteiger partial charge in [0.25, 0.3) is 5.69 Å². The van der Waals surface area contributed by atoms with E-state index < -0.39 is 14.8 Å². The van der Waals surface area contributed by atoms with Crippen molar-refractivity contribution in [2.75, 3.05) is 11.6 Å². The number of nitrogens with one attached hydrogen (secondary N) is 1. The van der Waals surface area contributed by atoms with E-state index >= 15 is 0 Å². The molecule has 6 nitrogen and oxygen atoms in total. The van der Waals surface area contributed by atoms with Gasteiger partial charge >= 0.3 is 0 Å². The standard InChI is InChI=1S/C20H16N2O4S/c1-27(25,26)16-8-9-19(20(12-16)22(23)24)21-15-7-6-14-10-13-4-2-3-5-17(13)18(14)11-15/h2-9,11-12,21H,10H2,1H3. The summed E-state index contributed by atoms with van der Waals surface area (Å²) in [5.41, 5.74) is 5.42. The summed E-state index contributed by atoms with van der Waals surface area (Å²) in [6.07, 6.45) is 1.89. The minimum atomic E-state index is -3.52. The van der Waals surface area contributed by atoms with E-state index in [9.17, 15) is 18.5 Å². The number of nitro groups is 1. The molecule has 0 saturated carbocycles. The number of hydrogen-bond donors (Lipinski definition) is 1. The summed E-state index contributed by atoms with van der Waals surface area (Å²) in [5, 5.41) is 14.5. The third kappa shape index (κ3) is 3.17. The van der Waals surface area contributed by atoms with Crippen molar-refractivity contribution < 1.29 is 13.3 Å². The van der Waals surface area contributed by atoms with E-state index in [2.05, 4.69) is 17.4 Å². The number of nitro benzene ring substituents is 1. The van der Waals surface area contributed by atoms with Crippen molar-refractivity contribution in [1.29, 1.82) is 0 Å². The van der Waals surface area contributed by atoms with Crippen molar-refractivity contribution in [3.63, 3.8) is 0 Å². The minimum absolute atomic E-state index is 0.0809. The van der Waals surface area contributed by atoms with Gasteiger partial charge in [-0.1, -0.05) is 30.3 Å². The van der Waals surface area contributed by atoms with Gasteiger partial charge in [-0.15, -0.1) is 0 Å². The summed E-state index contributed by atoms with van der Waals surface area (Å²) >= 11 is 0. The van der Waals surface area contributed by atoms with Crippen LogP contribution in [0.25, 0.3) is 11.1 Å². The lowest BCUT2D eigenvalue weighted by atomic mass is 10.1. The van der Waals surface area contributed by atoms with Crippen LogP contribution in [0.4, 0.5) is 17.1 Å². The molecule has 27 heavy (non-hydrogen) atoms. The summed E-state index contributed by atoms with van der Waals surface area (Å²) in [6.45, 7) is 0. The molecule has 0 aliphatic heterocycles. The van der Waals surface area contributed by atoms with Gasteiger partial charge in [-0.25, -0.2) is 8.42 Å². The van der Waals surface area contributed by atoms with Gasteiger partial charge in [-0.2, -0.15) is 0 Å². The first-order valence-electron chi connectivity index (χ1n) is 8.29. The van der Waals surface area contributed by atoms with Gasteiger partial charge in [-0.3, -0.25) is 10.1 Å². The molecule has 0 aromatic heterocycles. The van der Waals surface area contributed by atoms with E-state index in [1.165, 1.54) is 23.3 Å². The molecule has 0 unspecified atom stereocenters. The zero-order chi connectivity index (χ0) is 19.2. The van der Waals surface area contributed by atoms with Crippen molar-refractivity contribution in [2.45, 2.75) is 11.3 Å². The van der Waals surface area contributed by atoms with Gasteiger partial charge in [0.05, 0.1) is 9.82 Å². The van der Waals surface area contributed by atoms with Gasteiger partial charge in [-0.05, 0) is 52.9 Å². The maximum absolute atomic E-state index is 11.7. The summed E-state index contributed by atoms with van der Waals surface area (Å²) < 4.78 is 23.4. The molecule has 0 heterocycles. The molecule has 0 amide bonds. The van der Waals surface area contributed by atoms with Crippen LogP contribution in [0, 0.1) is 10.1 Å². The van der Waals surface area contributed by atoms with Crippen molar-refractivity contribution in [1.82, 2.24) is 0 Å². The molecular weight excluding hydrogens is 364 g/mol. The van der Waals surface area contributed by atoms with Gasteiger partial charge in [0.2, 0.25) is 0 Å². The first-order valence-corrected chi connectivity index (χ1v) is 10.2. The molecule has 0 radical (unpaired) electrons. The lowest BCUT2D eigenvalue weighted by Gasteiger charge is -2.10. The largest absolute Gasteiger partial charge is 0.350 e. The number of rotatable bonds is 4. The average Bonchev–Trinajstić information content (AvgIpc) is 2.99. The van der Waals surface area contributed by atoms with E-state index in [0.29, 0.717) is 5.69 Å². The maximum atomic E-state index is 11.7. The SMILES string of the molecule is CS(=O)(=O)c1ccc(Nc2ccc3c(c2)-c2ccccc2C3)c([N+](=O)[O-])c1. The van der Waals surface area contributed by atoms with E-state index in [0.717, 1.165) is 29.9 Å². The Morgan fingerprint density at radius 2 is 1.70 bits per heavy atom. The van der Waals surface area contributed by atoms with Crippen molar-refractivity contribution >= 4 is 26.9 Å². The van der Waals surface area contributed by atoms with Gasteiger partial charge in [0, 0.05) is 18.0 Å². The highest BCUT2D eigenvalue weighted by atomic mass is 32.2. The van der Waals surface area contributed by atoms with Gasteiger partial charge in [0.15, 0.2) is 9.84 Å². The second-order valence-corrected chi connectivity index (χ2v) is 8.55. The molecule has 136 valence electrons. The maximum Gasteiger partial charge on any atom is 0.293 e. The topological polar surface area (TPSA) is 89.3 Å². The number of fused-ring (bicyclic) bond motifs is 3. The highest BCUT2D eigenvalue weighted by Crippen LogP contribution is 2.39. The lowest BCUT2D eigenvalue weighted by Crippen LogP contribution is -2.02. The molecule has 1 N–H and O–H groups in total. The molecular formula is C20H16N2O4S. The summed E-state index contributed by atoms with van der Waals surface area (Å²) in [7, 11) is -3.52. The van der Waals surface area contributed by atoms with Crippen molar-refractivity contribution in [3.8, 4) is 11.1 Å². The monoisotopic (exact) mass is 380 g/mol. The Kier molecular flexibility index (Phi) is 3.96. The quantitative estimate of drug-likeness (QED) is 0.421. The molecule has 3 aromatic carbocycles. The van der Waals surface area contributed by atoms with Gasteiger partial charge < -0.3 is 5.32 Å². The predicted molar refractivity (Wildman–Crippen MR) is 104 cm³/mol. The van der Waals surface area contributed by atoms with E-state index in [1.54, 1.807) is 0 Å². The van der Waals surface area contributed by atoms with Crippen LogP contribution >= 0.6 is 0 Å². The van der Waals surface area contributed by atoms with Crippen LogP contribution < -0.4 is 5.32 Å².